The molecule has 0 spiro atoms. The summed E-state index contributed by atoms with van der Waals surface area (Å²) in [5.41, 5.74) is 4.75. The van der Waals surface area contributed by atoms with Gasteiger partial charge in [-0.2, -0.15) is 13.2 Å². The molecule has 0 saturated carbocycles. The number of anilines is 2. The Bertz CT molecular complexity index is 610. The van der Waals surface area contributed by atoms with Gasteiger partial charge < -0.3 is 10.6 Å². The van der Waals surface area contributed by atoms with Gasteiger partial charge in [0.2, 0.25) is 0 Å². The first-order valence-corrected chi connectivity index (χ1v) is 6.89. The van der Waals surface area contributed by atoms with Crippen molar-refractivity contribution < 1.29 is 13.2 Å². The topological polar surface area (TPSA) is 29.3 Å². The van der Waals surface area contributed by atoms with Gasteiger partial charge in [0.1, 0.15) is 0 Å². The highest BCUT2D eigenvalue weighted by Gasteiger charge is 2.33. The first-order chi connectivity index (χ1) is 9.27. The molecule has 0 fully saturated rings. The van der Waals surface area contributed by atoms with Gasteiger partial charge in [-0.15, -0.1) is 11.3 Å². The van der Waals surface area contributed by atoms with Crippen molar-refractivity contribution >= 4 is 34.3 Å². The summed E-state index contributed by atoms with van der Waals surface area (Å²) in [7, 11) is 1.72. The molecule has 108 valence electrons. The Kier molecular flexibility index (Phi) is 4.15. The molecule has 0 unspecified atom stereocenters. The standard InChI is InChI=1S/C13H12ClF3N2S/c1-19(7-9-3-5-12(14)20-9)8-2-4-11(18)10(6-8)13(15,16)17/h2-6H,7,18H2,1H3. The minimum atomic E-state index is -4.45. The number of hydrogen-bond acceptors (Lipinski definition) is 3. The lowest BCUT2D eigenvalue weighted by Crippen LogP contribution is -2.17. The van der Waals surface area contributed by atoms with E-state index >= 15 is 0 Å². The van der Waals surface area contributed by atoms with Crippen molar-refractivity contribution in [3.63, 3.8) is 0 Å². The largest absolute Gasteiger partial charge is 0.418 e. The molecule has 0 aliphatic rings. The number of nitrogens with two attached hydrogens (primary N) is 1. The van der Waals surface area contributed by atoms with Crippen LogP contribution in [0, 0.1) is 0 Å². The number of thiophene rings is 1. The number of alkyl halides is 3. The second-order valence-corrected chi connectivity index (χ2v) is 6.13. The normalized spacial score (nSPS) is 11.7. The molecule has 0 saturated heterocycles. The molecule has 0 radical (unpaired) electrons. The Labute approximate surface area is 123 Å². The maximum atomic E-state index is 12.8. The average Bonchev–Trinajstić information content (AvgIpc) is 2.73. The quantitative estimate of drug-likeness (QED) is 0.835. The fourth-order valence-electron chi connectivity index (χ4n) is 1.79. The molecule has 0 aliphatic heterocycles. The molecule has 20 heavy (non-hydrogen) atoms. The Morgan fingerprint density at radius 2 is 1.95 bits per heavy atom. The minimum absolute atomic E-state index is 0.270. The molecule has 1 heterocycles. The van der Waals surface area contributed by atoms with Crippen molar-refractivity contribution in [1.29, 1.82) is 0 Å². The second-order valence-electron chi connectivity index (χ2n) is 4.33. The first-order valence-electron chi connectivity index (χ1n) is 5.69. The molecule has 2 N–H and O–H groups in total. The van der Waals surface area contributed by atoms with E-state index in [1.54, 1.807) is 24.1 Å². The molecule has 7 heteroatoms. The number of hydrogen-bond donors (Lipinski definition) is 1. The lowest BCUT2D eigenvalue weighted by atomic mass is 10.1. The van der Waals surface area contributed by atoms with Crippen molar-refractivity contribution in [3.05, 3.63) is 45.1 Å². The predicted molar refractivity (Wildman–Crippen MR) is 77.3 cm³/mol. The van der Waals surface area contributed by atoms with E-state index in [2.05, 4.69) is 0 Å². The van der Waals surface area contributed by atoms with Crippen LogP contribution in [0.25, 0.3) is 0 Å². The van der Waals surface area contributed by atoms with Gasteiger partial charge in [0.25, 0.3) is 0 Å². The van der Waals surface area contributed by atoms with Crippen LogP contribution in [0.4, 0.5) is 24.5 Å². The van der Waals surface area contributed by atoms with Crippen LogP contribution in [0.5, 0.6) is 0 Å². The van der Waals surface area contributed by atoms with Crippen LogP contribution in [0.1, 0.15) is 10.4 Å². The number of rotatable bonds is 3. The van der Waals surface area contributed by atoms with E-state index in [1.807, 2.05) is 6.07 Å². The summed E-state index contributed by atoms with van der Waals surface area (Å²) in [5, 5.41) is 0. The molecule has 0 bridgehead atoms. The molecule has 2 nitrogen and oxygen atoms in total. The van der Waals surface area contributed by atoms with Crippen LogP contribution < -0.4 is 10.6 Å². The first kappa shape index (κ1) is 15.0. The van der Waals surface area contributed by atoms with Gasteiger partial charge in [-0.05, 0) is 30.3 Å². The Morgan fingerprint density at radius 3 is 2.50 bits per heavy atom. The van der Waals surface area contributed by atoms with E-state index in [0.717, 1.165) is 10.9 Å². The van der Waals surface area contributed by atoms with E-state index < -0.39 is 11.7 Å². The van der Waals surface area contributed by atoms with Crippen molar-refractivity contribution in [1.82, 2.24) is 0 Å². The van der Waals surface area contributed by atoms with Crippen LogP contribution in [0.15, 0.2) is 30.3 Å². The zero-order valence-corrected chi connectivity index (χ0v) is 12.1. The summed E-state index contributed by atoms with van der Waals surface area (Å²) in [5.74, 6) is 0. The zero-order valence-electron chi connectivity index (χ0n) is 10.5. The van der Waals surface area contributed by atoms with E-state index in [-0.39, 0.29) is 5.69 Å². The highest BCUT2D eigenvalue weighted by Crippen LogP contribution is 2.36. The molecular formula is C13H12ClF3N2S. The van der Waals surface area contributed by atoms with Gasteiger partial charge in [0, 0.05) is 23.3 Å². The van der Waals surface area contributed by atoms with Crippen LogP contribution in [0.3, 0.4) is 0 Å². The average molecular weight is 321 g/mol. The third-order valence-corrected chi connectivity index (χ3v) is 4.02. The van der Waals surface area contributed by atoms with Crippen molar-refractivity contribution in [2.24, 2.45) is 0 Å². The third kappa shape index (κ3) is 3.37. The summed E-state index contributed by atoms with van der Waals surface area (Å²) in [6, 6.07) is 7.52. The number of benzene rings is 1. The summed E-state index contributed by atoms with van der Waals surface area (Å²) in [6.45, 7) is 0.485. The highest BCUT2D eigenvalue weighted by atomic mass is 35.5. The van der Waals surface area contributed by atoms with Gasteiger partial charge in [0.05, 0.1) is 16.4 Å². The van der Waals surface area contributed by atoms with Crippen molar-refractivity contribution in [3.8, 4) is 0 Å². The molecule has 0 atom stereocenters. The third-order valence-electron chi connectivity index (χ3n) is 2.80. The molecule has 1 aromatic carbocycles. The Morgan fingerprint density at radius 1 is 1.25 bits per heavy atom. The van der Waals surface area contributed by atoms with Gasteiger partial charge in [-0.3, -0.25) is 0 Å². The van der Waals surface area contributed by atoms with E-state index in [0.29, 0.717) is 16.6 Å². The van der Waals surface area contributed by atoms with Crippen LogP contribution in [-0.4, -0.2) is 7.05 Å². The van der Waals surface area contributed by atoms with E-state index in [1.165, 1.54) is 17.4 Å². The van der Waals surface area contributed by atoms with Crippen LogP contribution in [0.2, 0.25) is 4.34 Å². The smallest absolute Gasteiger partial charge is 0.398 e. The molecule has 2 aromatic rings. The molecule has 1 aromatic heterocycles. The predicted octanol–water partition coefficient (Wildman–Crippen LogP) is 4.64. The lowest BCUT2D eigenvalue weighted by Gasteiger charge is -2.20. The summed E-state index contributed by atoms with van der Waals surface area (Å²) in [4.78, 5) is 2.69. The molecule has 0 aliphatic carbocycles. The maximum Gasteiger partial charge on any atom is 0.418 e. The van der Waals surface area contributed by atoms with Crippen LogP contribution >= 0.6 is 22.9 Å². The fourth-order valence-corrected chi connectivity index (χ4v) is 2.93. The fraction of sp³-hybridized carbons (Fsp3) is 0.231. The Balaban J connectivity index is 2.24. The SMILES string of the molecule is CN(Cc1ccc(Cl)s1)c1ccc(N)c(C(F)(F)F)c1. The maximum absolute atomic E-state index is 12.8. The molecular weight excluding hydrogens is 309 g/mol. The Hall–Kier alpha value is -1.40. The highest BCUT2D eigenvalue weighted by molar-refractivity contribution is 7.16. The minimum Gasteiger partial charge on any atom is -0.398 e. The molecule has 0 amide bonds. The van der Waals surface area contributed by atoms with Gasteiger partial charge in [0.15, 0.2) is 0 Å². The number of nitrogen functional groups attached to an aromatic ring is 1. The summed E-state index contributed by atoms with van der Waals surface area (Å²) >= 11 is 7.23. The zero-order chi connectivity index (χ0) is 14.9. The van der Waals surface area contributed by atoms with Gasteiger partial charge in [-0.25, -0.2) is 0 Å². The molecule has 2 rings (SSSR count). The number of halogens is 4. The monoisotopic (exact) mass is 320 g/mol. The van der Waals surface area contributed by atoms with Crippen LogP contribution in [-0.2, 0) is 12.7 Å². The van der Waals surface area contributed by atoms with Crippen molar-refractivity contribution in [2.45, 2.75) is 12.7 Å². The van der Waals surface area contributed by atoms with Gasteiger partial charge >= 0.3 is 6.18 Å². The summed E-state index contributed by atoms with van der Waals surface area (Å²) < 4.78 is 39.1. The summed E-state index contributed by atoms with van der Waals surface area (Å²) in [6.07, 6.45) is -4.45. The van der Waals surface area contributed by atoms with Crippen molar-refractivity contribution in [2.75, 3.05) is 17.7 Å². The van der Waals surface area contributed by atoms with Gasteiger partial charge in [-0.1, -0.05) is 11.6 Å². The second kappa shape index (κ2) is 5.54. The van der Waals surface area contributed by atoms with E-state index in [9.17, 15) is 13.2 Å². The number of nitrogens with zero attached hydrogens (tertiary/aromatic N) is 1. The lowest BCUT2D eigenvalue weighted by molar-refractivity contribution is -0.136. The van der Waals surface area contributed by atoms with E-state index in [4.69, 9.17) is 17.3 Å².